The lowest BCUT2D eigenvalue weighted by atomic mass is 9.93. The van der Waals surface area contributed by atoms with E-state index in [1.54, 1.807) is 0 Å². The maximum absolute atomic E-state index is 2.36. The fourth-order valence-corrected chi connectivity index (χ4v) is 7.38. The smallest absolute Gasteiger partial charge is 0.0467 e. The highest BCUT2D eigenvalue weighted by Gasteiger charge is 2.16. The maximum Gasteiger partial charge on any atom is 0.0467 e. The standard InChI is InChI=1S/C50H35N/c1-3-14-36(15-4-1)40-19-13-20-44(34-40)51(42-30-26-38(27-31-42)46-22-10-9-21-45(46)37-16-5-2-6-17-37)43-32-28-39(29-33-43)50-35-41-18-7-8-23-47(41)48-24-11-12-25-49(48)50/h1-35H. The second-order valence-electron chi connectivity index (χ2n) is 12.9. The molecule has 0 aliphatic rings. The molecule has 240 valence electrons. The number of hydrogen-bond acceptors (Lipinski definition) is 1. The second kappa shape index (κ2) is 13.3. The van der Waals surface area contributed by atoms with Gasteiger partial charge >= 0.3 is 0 Å². The number of fused-ring (bicyclic) bond motifs is 3. The molecular formula is C50H35N. The molecule has 9 aromatic rings. The lowest BCUT2D eigenvalue weighted by Crippen LogP contribution is -2.10. The van der Waals surface area contributed by atoms with Gasteiger partial charge in [0.2, 0.25) is 0 Å². The first-order valence-electron chi connectivity index (χ1n) is 17.5. The largest absolute Gasteiger partial charge is 0.310 e. The lowest BCUT2D eigenvalue weighted by Gasteiger charge is -2.26. The zero-order valence-corrected chi connectivity index (χ0v) is 28.2. The number of rotatable bonds is 7. The Morgan fingerprint density at radius 3 is 1.35 bits per heavy atom. The SMILES string of the molecule is c1ccc(-c2cccc(N(c3ccc(-c4ccccc4-c4ccccc4)cc3)c3ccc(-c4cc5ccccc5c5ccccc45)cc3)c2)cc1. The molecule has 0 spiro atoms. The van der Waals surface area contributed by atoms with Crippen LogP contribution < -0.4 is 4.90 Å². The van der Waals surface area contributed by atoms with Gasteiger partial charge in [-0.15, -0.1) is 0 Å². The zero-order chi connectivity index (χ0) is 34.0. The van der Waals surface area contributed by atoms with Crippen LogP contribution in [0.25, 0.3) is 66.1 Å². The highest BCUT2D eigenvalue weighted by Crippen LogP contribution is 2.41. The van der Waals surface area contributed by atoms with Gasteiger partial charge in [0.05, 0.1) is 0 Å². The van der Waals surface area contributed by atoms with E-state index in [1.165, 1.54) is 66.1 Å². The van der Waals surface area contributed by atoms with E-state index in [-0.39, 0.29) is 0 Å². The first-order chi connectivity index (χ1) is 25.3. The molecule has 0 saturated heterocycles. The molecule has 0 N–H and O–H groups in total. The van der Waals surface area contributed by atoms with Crippen molar-refractivity contribution in [2.45, 2.75) is 0 Å². The van der Waals surface area contributed by atoms with Gasteiger partial charge in [-0.2, -0.15) is 0 Å². The summed E-state index contributed by atoms with van der Waals surface area (Å²) < 4.78 is 0. The van der Waals surface area contributed by atoms with E-state index in [0.717, 1.165) is 17.1 Å². The zero-order valence-electron chi connectivity index (χ0n) is 28.2. The molecule has 9 rings (SSSR count). The summed E-state index contributed by atoms with van der Waals surface area (Å²) in [6, 6.07) is 76.5. The minimum Gasteiger partial charge on any atom is -0.310 e. The summed E-state index contributed by atoms with van der Waals surface area (Å²) in [5.41, 5.74) is 13.0. The average Bonchev–Trinajstić information content (AvgIpc) is 3.22. The van der Waals surface area contributed by atoms with Crippen LogP contribution in [0, 0.1) is 0 Å². The molecule has 0 fully saturated rings. The van der Waals surface area contributed by atoms with E-state index in [2.05, 4.69) is 217 Å². The number of anilines is 3. The van der Waals surface area contributed by atoms with E-state index >= 15 is 0 Å². The highest BCUT2D eigenvalue weighted by atomic mass is 15.1. The van der Waals surface area contributed by atoms with Crippen LogP contribution in [-0.2, 0) is 0 Å². The number of nitrogens with zero attached hydrogens (tertiary/aromatic N) is 1. The minimum absolute atomic E-state index is 1.10. The lowest BCUT2D eigenvalue weighted by molar-refractivity contribution is 1.28. The topological polar surface area (TPSA) is 3.24 Å². The Balaban J connectivity index is 1.15. The molecule has 51 heavy (non-hydrogen) atoms. The summed E-state index contributed by atoms with van der Waals surface area (Å²) in [7, 11) is 0. The van der Waals surface area contributed by atoms with E-state index in [1.807, 2.05) is 0 Å². The molecule has 0 aromatic heterocycles. The van der Waals surface area contributed by atoms with E-state index in [9.17, 15) is 0 Å². The Labute approximate surface area is 299 Å². The summed E-state index contributed by atoms with van der Waals surface area (Å²) >= 11 is 0. The monoisotopic (exact) mass is 649 g/mol. The van der Waals surface area contributed by atoms with Gasteiger partial charge in [0, 0.05) is 17.1 Å². The molecule has 0 saturated carbocycles. The van der Waals surface area contributed by atoms with Crippen molar-refractivity contribution in [2.24, 2.45) is 0 Å². The molecule has 1 heteroatoms. The first kappa shape index (κ1) is 30.4. The summed E-state index contributed by atoms with van der Waals surface area (Å²) in [4.78, 5) is 2.36. The molecule has 0 bridgehead atoms. The minimum atomic E-state index is 1.10. The van der Waals surface area contributed by atoms with E-state index in [0.29, 0.717) is 0 Å². The van der Waals surface area contributed by atoms with E-state index < -0.39 is 0 Å². The van der Waals surface area contributed by atoms with Crippen molar-refractivity contribution in [2.75, 3.05) is 4.90 Å². The number of hydrogen-bond donors (Lipinski definition) is 0. The summed E-state index contributed by atoms with van der Waals surface area (Å²) in [6.45, 7) is 0. The van der Waals surface area contributed by atoms with Crippen LogP contribution in [0.5, 0.6) is 0 Å². The fourth-order valence-electron chi connectivity index (χ4n) is 7.38. The predicted molar refractivity (Wildman–Crippen MR) is 218 cm³/mol. The molecular weight excluding hydrogens is 615 g/mol. The van der Waals surface area contributed by atoms with Gasteiger partial charge in [-0.3, -0.25) is 0 Å². The number of benzene rings is 9. The molecule has 0 aliphatic heterocycles. The van der Waals surface area contributed by atoms with Crippen molar-refractivity contribution in [1.29, 1.82) is 0 Å². The third-order valence-electron chi connectivity index (χ3n) is 9.86. The van der Waals surface area contributed by atoms with Crippen LogP contribution >= 0.6 is 0 Å². The van der Waals surface area contributed by atoms with Gasteiger partial charge in [-0.1, -0.05) is 170 Å². The van der Waals surface area contributed by atoms with Gasteiger partial charge < -0.3 is 4.90 Å². The van der Waals surface area contributed by atoms with Gasteiger partial charge in [0.1, 0.15) is 0 Å². The Morgan fingerprint density at radius 1 is 0.235 bits per heavy atom. The van der Waals surface area contributed by atoms with Crippen molar-refractivity contribution in [3.05, 3.63) is 212 Å². The molecule has 0 heterocycles. The van der Waals surface area contributed by atoms with Crippen molar-refractivity contribution in [3.8, 4) is 44.5 Å². The van der Waals surface area contributed by atoms with Gasteiger partial charge in [0.25, 0.3) is 0 Å². The highest BCUT2D eigenvalue weighted by molar-refractivity contribution is 6.13. The Kier molecular flexibility index (Phi) is 7.92. The van der Waals surface area contributed by atoms with Crippen LogP contribution in [-0.4, -0.2) is 0 Å². The predicted octanol–water partition coefficient (Wildman–Crippen LogP) is 14.1. The molecule has 0 unspecified atom stereocenters. The fraction of sp³-hybridized carbons (Fsp3) is 0. The average molecular weight is 650 g/mol. The normalized spacial score (nSPS) is 11.1. The molecule has 0 amide bonds. The quantitative estimate of drug-likeness (QED) is 0.155. The van der Waals surface area contributed by atoms with Gasteiger partial charge in [-0.25, -0.2) is 0 Å². The molecule has 0 radical (unpaired) electrons. The molecule has 1 nitrogen and oxygen atoms in total. The van der Waals surface area contributed by atoms with Crippen LogP contribution in [0.2, 0.25) is 0 Å². The van der Waals surface area contributed by atoms with Crippen molar-refractivity contribution < 1.29 is 0 Å². The molecule has 0 aliphatic carbocycles. The summed E-state index contributed by atoms with van der Waals surface area (Å²) in [6.07, 6.45) is 0. The third-order valence-corrected chi connectivity index (χ3v) is 9.86. The van der Waals surface area contributed by atoms with Crippen molar-refractivity contribution in [3.63, 3.8) is 0 Å². The van der Waals surface area contributed by atoms with Crippen molar-refractivity contribution >= 4 is 38.6 Å². The van der Waals surface area contributed by atoms with Crippen molar-refractivity contribution in [1.82, 2.24) is 0 Å². The Hall–Kier alpha value is -6.70. The van der Waals surface area contributed by atoms with Crippen LogP contribution in [0.15, 0.2) is 212 Å². The maximum atomic E-state index is 2.36. The van der Waals surface area contributed by atoms with Crippen LogP contribution in [0.3, 0.4) is 0 Å². The Bertz CT molecular complexity index is 2600. The van der Waals surface area contributed by atoms with Crippen LogP contribution in [0.4, 0.5) is 17.1 Å². The molecule has 9 aromatic carbocycles. The Morgan fingerprint density at radius 2 is 0.706 bits per heavy atom. The van der Waals surface area contributed by atoms with Crippen LogP contribution in [0.1, 0.15) is 0 Å². The second-order valence-corrected chi connectivity index (χ2v) is 12.9. The van der Waals surface area contributed by atoms with Gasteiger partial charge in [-0.05, 0) is 109 Å². The summed E-state index contributed by atoms with van der Waals surface area (Å²) in [5, 5.41) is 5.09. The first-order valence-corrected chi connectivity index (χ1v) is 17.5. The third kappa shape index (κ3) is 5.86. The summed E-state index contributed by atoms with van der Waals surface area (Å²) in [5.74, 6) is 0. The molecule has 0 atom stereocenters. The van der Waals surface area contributed by atoms with Gasteiger partial charge in [0.15, 0.2) is 0 Å². The van der Waals surface area contributed by atoms with E-state index in [4.69, 9.17) is 0 Å².